The maximum Gasteiger partial charge on any atom is 0.217 e. The highest BCUT2D eigenvalue weighted by molar-refractivity contribution is 5.73. The molecule has 0 heterocycles. The fourth-order valence-corrected chi connectivity index (χ4v) is 0.938. The molecule has 0 saturated heterocycles. The second kappa shape index (κ2) is 6.16. The number of hydrogen-bond donors (Lipinski definition) is 2. The van der Waals surface area contributed by atoms with E-state index in [4.69, 9.17) is 11.5 Å². The standard InChI is InChI=1S/C8H18N2O/c1-2-3-4-7(9)5-6-8(10)11/h7H,2-6,9H2,1H3,(H2,10,11). The molecule has 66 valence electrons. The Balaban J connectivity index is 3.22. The first-order chi connectivity index (χ1) is 5.16. The predicted molar refractivity (Wildman–Crippen MR) is 45.9 cm³/mol. The molecule has 3 nitrogen and oxygen atoms in total. The maximum atomic E-state index is 10.3. The van der Waals surface area contributed by atoms with Crippen molar-refractivity contribution in [2.45, 2.75) is 45.1 Å². The average molecular weight is 158 g/mol. The summed E-state index contributed by atoms with van der Waals surface area (Å²) in [6, 6.07) is 0.155. The van der Waals surface area contributed by atoms with Crippen molar-refractivity contribution in [3.63, 3.8) is 0 Å². The number of hydrogen-bond acceptors (Lipinski definition) is 2. The number of primary amides is 1. The van der Waals surface area contributed by atoms with E-state index in [1.165, 1.54) is 0 Å². The van der Waals surface area contributed by atoms with Gasteiger partial charge in [0.15, 0.2) is 0 Å². The lowest BCUT2D eigenvalue weighted by Gasteiger charge is -2.08. The first-order valence-electron chi connectivity index (χ1n) is 4.20. The van der Waals surface area contributed by atoms with Crippen LogP contribution in [0.2, 0.25) is 0 Å². The van der Waals surface area contributed by atoms with Gasteiger partial charge in [-0.15, -0.1) is 0 Å². The largest absolute Gasteiger partial charge is 0.370 e. The lowest BCUT2D eigenvalue weighted by Crippen LogP contribution is -2.22. The van der Waals surface area contributed by atoms with Crippen LogP contribution in [0.3, 0.4) is 0 Å². The zero-order valence-electron chi connectivity index (χ0n) is 7.18. The van der Waals surface area contributed by atoms with E-state index in [2.05, 4.69) is 6.92 Å². The van der Waals surface area contributed by atoms with Crippen LogP contribution in [0.15, 0.2) is 0 Å². The Kier molecular flexibility index (Phi) is 5.84. The van der Waals surface area contributed by atoms with Gasteiger partial charge < -0.3 is 11.5 Å². The summed E-state index contributed by atoms with van der Waals surface area (Å²) >= 11 is 0. The summed E-state index contributed by atoms with van der Waals surface area (Å²) in [6.45, 7) is 2.13. The molecule has 0 aromatic heterocycles. The molecule has 1 unspecified atom stereocenters. The number of unbranched alkanes of at least 4 members (excludes halogenated alkanes) is 1. The highest BCUT2D eigenvalue weighted by Gasteiger charge is 2.03. The van der Waals surface area contributed by atoms with Crippen LogP contribution in [0, 0.1) is 0 Å². The van der Waals surface area contributed by atoms with E-state index in [0.29, 0.717) is 6.42 Å². The molecule has 0 radical (unpaired) electrons. The monoisotopic (exact) mass is 158 g/mol. The van der Waals surface area contributed by atoms with E-state index < -0.39 is 0 Å². The van der Waals surface area contributed by atoms with Crippen LogP contribution in [-0.2, 0) is 4.79 Å². The summed E-state index contributed by atoms with van der Waals surface area (Å²) in [5.74, 6) is -0.253. The Morgan fingerprint density at radius 3 is 2.55 bits per heavy atom. The molecular weight excluding hydrogens is 140 g/mol. The summed E-state index contributed by atoms with van der Waals surface area (Å²) in [5, 5.41) is 0. The van der Waals surface area contributed by atoms with Crippen molar-refractivity contribution < 1.29 is 4.79 Å². The summed E-state index contributed by atoms with van der Waals surface area (Å²) in [5.41, 5.74) is 10.7. The second-order valence-corrected chi connectivity index (χ2v) is 2.91. The third-order valence-corrected chi connectivity index (χ3v) is 1.69. The van der Waals surface area contributed by atoms with E-state index in [-0.39, 0.29) is 11.9 Å². The molecule has 0 aromatic rings. The first-order valence-corrected chi connectivity index (χ1v) is 4.20. The Labute approximate surface area is 68.1 Å². The van der Waals surface area contributed by atoms with Crippen LogP contribution < -0.4 is 11.5 Å². The molecule has 0 rings (SSSR count). The quantitative estimate of drug-likeness (QED) is 0.599. The summed E-state index contributed by atoms with van der Waals surface area (Å²) in [7, 11) is 0. The number of nitrogens with two attached hydrogens (primary N) is 2. The number of carbonyl (C=O) groups excluding carboxylic acids is 1. The number of amides is 1. The third-order valence-electron chi connectivity index (χ3n) is 1.69. The van der Waals surface area contributed by atoms with E-state index in [1.807, 2.05) is 0 Å². The summed E-state index contributed by atoms with van der Waals surface area (Å²) in [4.78, 5) is 10.3. The van der Waals surface area contributed by atoms with Gasteiger partial charge in [-0.2, -0.15) is 0 Å². The van der Waals surface area contributed by atoms with Crippen molar-refractivity contribution in [3.8, 4) is 0 Å². The van der Waals surface area contributed by atoms with Crippen molar-refractivity contribution in [2.75, 3.05) is 0 Å². The Hall–Kier alpha value is -0.570. The molecule has 0 aliphatic rings. The van der Waals surface area contributed by atoms with E-state index in [9.17, 15) is 4.79 Å². The fraction of sp³-hybridized carbons (Fsp3) is 0.875. The van der Waals surface area contributed by atoms with E-state index >= 15 is 0 Å². The highest BCUT2D eigenvalue weighted by atomic mass is 16.1. The Bertz CT molecular complexity index is 115. The van der Waals surface area contributed by atoms with Gasteiger partial charge in [-0.25, -0.2) is 0 Å². The van der Waals surface area contributed by atoms with Gasteiger partial charge in [0.1, 0.15) is 0 Å². The molecule has 0 spiro atoms. The van der Waals surface area contributed by atoms with Gasteiger partial charge in [-0.05, 0) is 12.8 Å². The molecule has 4 N–H and O–H groups in total. The van der Waals surface area contributed by atoms with Gasteiger partial charge in [0.05, 0.1) is 0 Å². The minimum atomic E-state index is -0.253. The fourth-order valence-electron chi connectivity index (χ4n) is 0.938. The van der Waals surface area contributed by atoms with Crippen LogP contribution in [0.5, 0.6) is 0 Å². The number of rotatable bonds is 6. The van der Waals surface area contributed by atoms with Gasteiger partial charge in [0.2, 0.25) is 5.91 Å². The second-order valence-electron chi connectivity index (χ2n) is 2.91. The average Bonchev–Trinajstić information content (AvgIpc) is 1.97. The molecule has 0 saturated carbocycles. The van der Waals surface area contributed by atoms with Gasteiger partial charge in [-0.1, -0.05) is 19.8 Å². The topological polar surface area (TPSA) is 69.1 Å². The molecule has 0 bridgehead atoms. The molecule has 1 atom stereocenters. The van der Waals surface area contributed by atoms with Crippen molar-refractivity contribution in [3.05, 3.63) is 0 Å². The molecule has 1 amide bonds. The lowest BCUT2D eigenvalue weighted by molar-refractivity contribution is -0.118. The lowest BCUT2D eigenvalue weighted by atomic mass is 10.1. The van der Waals surface area contributed by atoms with E-state index in [1.54, 1.807) is 0 Å². The molecule has 0 aliphatic heterocycles. The van der Waals surface area contributed by atoms with Crippen LogP contribution >= 0.6 is 0 Å². The highest BCUT2D eigenvalue weighted by Crippen LogP contribution is 2.03. The summed E-state index contributed by atoms with van der Waals surface area (Å²) < 4.78 is 0. The first kappa shape index (κ1) is 10.4. The maximum absolute atomic E-state index is 10.3. The summed E-state index contributed by atoms with van der Waals surface area (Å²) in [6.07, 6.45) is 4.45. The molecule has 3 heteroatoms. The normalized spacial score (nSPS) is 12.9. The van der Waals surface area contributed by atoms with Crippen molar-refractivity contribution in [1.82, 2.24) is 0 Å². The molecule has 0 aromatic carbocycles. The zero-order chi connectivity index (χ0) is 8.69. The van der Waals surface area contributed by atoms with E-state index in [0.717, 1.165) is 25.7 Å². The molecular formula is C8H18N2O. The van der Waals surface area contributed by atoms with Crippen molar-refractivity contribution in [2.24, 2.45) is 11.5 Å². The van der Waals surface area contributed by atoms with Crippen LogP contribution in [0.25, 0.3) is 0 Å². The predicted octanol–water partition coefficient (Wildman–Crippen LogP) is 0.769. The Morgan fingerprint density at radius 2 is 2.09 bits per heavy atom. The van der Waals surface area contributed by atoms with Crippen molar-refractivity contribution >= 4 is 5.91 Å². The third kappa shape index (κ3) is 7.33. The number of carbonyl (C=O) groups is 1. The van der Waals surface area contributed by atoms with Crippen LogP contribution in [-0.4, -0.2) is 11.9 Å². The molecule has 11 heavy (non-hydrogen) atoms. The Morgan fingerprint density at radius 1 is 1.45 bits per heavy atom. The molecule has 0 fully saturated rings. The van der Waals surface area contributed by atoms with Crippen LogP contribution in [0.4, 0.5) is 0 Å². The van der Waals surface area contributed by atoms with Gasteiger partial charge in [0.25, 0.3) is 0 Å². The van der Waals surface area contributed by atoms with Gasteiger partial charge in [0, 0.05) is 12.5 Å². The minimum Gasteiger partial charge on any atom is -0.370 e. The van der Waals surface area contributed by atoms with Crippen molar-refractivity contribution in [1.29, 1.82) is 0 Å². The van der Waals surface area contributed by atoms with Crippen LogP contribution in [0.1, 0.15) is 39.0 Å². The molecule has 0 aliphatic carbocycles. The van der Waals surface area contributed by atoms with Gasteiger partial charge >= 0.3 is 0 Å². The zero-order valence-corrected chi connectivity index (χ0v) is 7.18. The SMILES string of the molecule is CCCCC(N)CCC(N)=O. The minimum absolute atomic E-state index is 0.155. The van der Waals surface area contributed by atoms with Gasteiger partial charge in [-0.3, -0.25) is 4.79 Å². The smallest absolute Gasteiger partial charge is 0.217 e.